The summed E-state index contributed by atoms with van der Waals surface area (Å²) in [6, 6.07) is 10.5. The first kappa shape index (κ1) is 21.3. The van der Waals surface area contributed by atoms with E-state index in [4.69, 9.17) is 16.3 Å². The molecular formula is C21H20ClFN4O3. The van der Waals surface area contributed by atoms with E-state index in [0.717, 1.165) is 11.8 Å². The van der Waals surface area contributed by atoms with Crippen LogP contribution in [0.2, 0.25) is 5.02 Å². The molecule has 2 amide bonds. The van der Waals surface area contributed by atoms with E-state index in [2.05, 4.69) is 15.7 Å². The van der Waals surface area contributed by atoms with Gasteiger partial charge in [-0.25, -0.2) is 13.9 Å². The molecule has 3 rings (SSSR count). The third-order valence-electron chi connectivity index (χ3n) is 3.80. The van der Waals surface area contributed by atoms with Crippen LogP contribution in [0, 0.1) is 5.82 Å². The van der Waals surface area contributed by atoms with Crippen molar-refractivity contribution in [1.82, 2.24) is 9.78 Å². The number of amides is 2. The standard InChI is InChI=1S/C21H20ClFN4O3/c1-21(2,3)30-20(29)26-17-9-6-15(23)10-18(17)25-19(28)13-11-24-27(12-13)16-7-4-14(22)5-8-16/h4-12H,1-3H3,(H,25,28)(H,26,29). The van der Waals surface area contributed by atoms with E-state index in [9.17, 15) is 14.0 Å². The van der Waals surface area contributed by atoms with Gasteiger partial charge >= 0.3 is 6.09 Å². The highest BCUT2D eigenvalue weighted by molar-refractivity contribution is 6.30. The number of ether oxygens (including phenoxy) is 1. The Labute approximate surface area is 177 Å². The molecule has 156 valence electrons. The first-order valence-electron chi connectivity index (χ1n) is 9.02. The van der Waals surface area contributed by atoms with Crippen molar-refractivity contribution in [2.45, 2.75) is 26.4 Å². The van der Waals surface area contributed by atoms with Crippen molar-refractivity contribution in [3.8, 4) is 5.69 Å². The van der Waals surface area contributed by atoms with Crippen molar-refractivity contribution in [2.75, 3.05) is 10.6 Å². The minimum Gasteiger partial charge on any atom is -0.444 e. The molecule has 0 aliphatic rings. The lowest BCUT2D eigenvalue weighted by Crippen LogP contribution is -2.27. The molecule has 2 N–H and O–H groups in total. The third-order valence-corrected chi connectivity index (χ3v) is 4.05. The Morgan fingerprint density at radius 2 is 1.77 bits per heavy atom. The molecule has 1 heterocycles. The van der Waals surface area contributed by atoms with Crippen LogP contribution in [-0.2, 0) is 4.74 Å². The number of carbonyl (C=O) groups is 2. The molecule has 1 aromatic heterocycles. The van der Waals surface area contributed by atoms with Gasteiger partial charge in [-0.2, -0.15) is 5.10 Å². The summed E-state index contributed by atoms with van der Waals surface area (Å²) in [5, 5.41) is 9.84. The van der Waals surface area contributed by atoms with Crippen molar-refractivity contribution in [3.63, 3.8) is 0 Å². The molecule has 3 aromatic rings. The molecule has 0 aliphatic heterocycles. The van der Waals surface area contributed by atoms with Gasteiger partial charge in [-0.3, -0.25) is 10.1 Å². The monoisotopic (exact) mass is 430 g/mol. The second-order valence-corrected chi connectivity index (χ2v) is 7.86. The Balaban J connectivity index is 1.77. The number of nitrogens with one attached hydrogen (secondary N) is 2. The summed E-state index contributed by atoms with van der Waals surface area (Å²) in [5.41, 5.74) is 0.548. The molecule has 9 heteroatoms. The van der Waals surface area contributed by atoms with Gasteiger partial charge in [-0.15, -0.1) is 0 Å². The predicted octanol–water partition coefficient (Wildman–Crippen LogP) is 5.26. The molecule has 0 bridgehead atoms. The molecule has 30 heavy (non-hydrogen) atoms. The van der Waals surface area contributed by atoms with E-state index in [0.29, 0.717) is 5.02 Å². The van der Waals surface area contributed by atoms with Crippen LogP contribution in [-0.4, -0.2) is 27.4 Å². The maximum atomic E-state index is 13.7. The highest BCUT2D eigenvalue weighted by Crippen LogP contribution is 2.24. The fourth-order valence-electron chi connectivity index (χ4n) is 2.51. The summed E-state index contributed by atoms with van der Waals surface area (Å²) in [6.07, 6.45) is 2.18. The van der Waals surface area contributed by atoms with E-state index in [1.54, 1.807) is 45.0 Å². The predicted molar refractivity (Wildman–Crippen MR) is 113 cm³/mol. The normalized spacial score (nSPS) is 11.1. The van der Waals surface area contributed by atoms with Crippen LogP contribution < -0.4 is 10.6 Å². The van der Waals surface area contributed by atoms with Crippen molar-refractivity contribution in [3.05, 3.63) is 71.3 Å². The zero-order valence-electron chi connectivity index (χ0n) is 16.6. The minimum atomic E-state index is -0.722. The molecular weight excluding hydrogens is 411 g/mol. The van der Waals surface area contributed by atoms with Crippen LogP contribution in [0.5, 0.6) is 0 Å². The van der Waals surface area contributed by atoms with E-state index in [1.165, 1.54) is 29.2 Å². The highest BCUT2D eigenvalue weighted by Gasteiger charge is 2.19. The molecule has 7 nitrogen and oxygen atoms in total. The molecule has 0 radical (unpaired) electrons. The van der Waals surface area contributed by atoms with Gasteiger partial charge in [-0.05, 0) is 63.2 Å². The first-order chi connectivity index (χ1) is 14.1. The van der Waals surface area contributed by atoms with Crippen LogP contribution in [0.15, 0.2) is 54.9 Å². The number of anilines is 2. The number of aromatic nitrogens is 2. The summed E-state index contributed by atoms with van der Waals surface area (Å²) in [7, 11) is 0. The van der Waals surface area contributed by atoms with Crippen LogP contribution >= 0.6 is 11.6 Å². The van der Waals surface area contributed by atoms with Crippen LogP contribution in [0.4, 0.5) is 20.6 Å². The summed E-state index contributed by atoms with van der Waals surface area (Å²) < 4.78 is 20.5. The maximum Gasteiger partial charge on any atom is 0.412 e. The number of nitrogens with zero attached hydrogens (tertiary/aromatic N) is 2. The van der Waals surface area contributed by atoms with Crippen molar-refractivity contribution in [1.29, 1.82) is 0 Å². The molecule has 0 aliphatic carbocycles. The lowest BCUT2D eigenvalue weighted by atomic mass is 10.2. The van der Waals surface area contributed by atoms with Gasteiger partial charge in [0.15, 0.2) is 0 Å². The zero-order valence-corrected chi connectivity index (χ0v) is 17.3. The van der Waals surface area contributed by atoms with Gasteiger partial charge in [-0.1, -0.05) is 11.6 Å². The third kappa shape index (κ3) is 5.57. The highest BCUT2D eigenvalue weighted by atomic mass is 35.5. The topological polar surface area (TPSA) is 85.2 Å². The molecule has 0 spiro atoms. The summed E-state index contributed by atoms with van der Waals surface area (Å²) in [4.78, 5) is 24.7. The Morgan fingerprint density at radius 1 is 1.07 bits per heavy atom. The number of benzene rings is 2. The van der Waals surface area contributed by atoms with Gasteiger partial charge in [0.2, 0.25) is 0 Å². The number of hydrogen-bond acceptors (Lipinski definition) is 4. The van der Waals surface area contributed by atoms with E-state index in [1.807, 2.05) is 0 Å². The van der Waals surface area contributed by atoms with Crippen molar-refractivity contribution < 1.29 is 18.7 Å². The fraction of sp³-hybridized carbons (Fsp3) is 0.190. The number of halogens is 2. The second-order valence-electron chi connectivity index (χ2n) is 7.42. The van der Waals surface area contributed by atoms with Crippen molar-refractivity contribution >= 4 is 35.0 Å². The molecule has 0 saturated heterocycles. The van der Waals surface area contributed by atoms with Gasteiger partial charge in [0.1, 0.15) is 11.4 Å². The lowest BCUT2D eigenvalue weighted by Gasteiger charge is -2.20. The van der Waals surface area contributed by atoms with Gasteiger partial charge in [0.05, 0.1) is 28.8 Å². The maximum absolute atomic E-state index is 13.7. The van der Waals surface area contributed by atoms with Crippen molar-refractivity contribution in [2.24, 2.45) is 0 Å². The average molecular weight is 431 g/mol. The van der Waals surface area contributed by atoms with Crippen LogP contribution in [0.3, 0.4) is 0 Å². The Kier molecular flexibility index (Phi) is 6.07. The summed E-state index contributed by atoms with van der Waals surface area (Å²) in [6.45, 7) is 5.16. The van der Waals surface area contributed by atoms with Crippen LogP contribution in [0.1, 0.15) is 31.1 Å². The van der Waals surface area contributed by atoms with Crippen LogP contribution in [0.25, 0.3) is 5.69 Å². The Hall–Kier alpha value is -3.39. The Morgan fingerprint density at radius 3 is 2.43 bits per heavy atom. The number of hydrogen-bond donors (Lipinski definition) is 2. The van der Waals surface area contributed by atoms with Gasteiger partial charge in [0, 0.05) is 11.2 Å². The van der Waals surface area contributed by atoms with E-state index < -0.39 is 23.4 Å². The SMILES string of the molecule is CC(C)(C)OC(=O)Nc1ccc(F)cc1NC(=O)c1cnn(-c2ccc(Cl)cc2)c1. The minimum absolute atomic E-state index is 0.0881. The molecule has 2 aromatic carbocycles. The lowest BCUT2D eigenvalue weighted by molar-refractivity contribution is 0.0635. The molecule has 0 unspecified atom stereocenters. The second kappa shape index (κ2) is 8.54. The number of carbonyl (C=O) groups excluding carboxylic acids is 2. The molecule has 0 atom stereocenters. The summed E-state index contributed by atoms with van der Waals surface area (Å²) in [5.74, 6) is -1.09. The molecule has 0 saturated carbocycles. The Bertz CT molecular complexity index is 1070. The van der Waals surface area contributed by atoms with Gasteiger partial charge in [0.25, 0.3) is 5.91 Å². The summed E-state index contributed by atoms with van der Waals surface area (Å²) >= 11 is 5.88. The average Bonchev–Trinajstić information content (AvgIpc) is 3.13. The largest absolute Gasteiger partial charge is 0.444 e. The molecule has 0 fully saturated rings. The zero-order chi connectivity index (χ0) is 21.9. The smallest absolute Gasteiger partial charge is 0.412 e. The number of rotatable bonds is 4. The van der Waals surface area contributed by atoms with E-state index in [-0.39, 0.29) is 16.9 Å². The van der Waals surface area contributed by atoms with Gasteiger partial charge < -0.3 is 10.1 Å². The van der Waals surface area contributed by atoms with E-state index >= 15 is 0 Å². The first-order valence-corrected chi connectivity index (χ1v) is 9.40. The quantitative estimate of drug-likeness (QED) is 0.590. The fourth-order valence-corrected chi connectivity index (χ4v) is 2.64.